The molecule has 7 heteroatoms. The molecule has 1 amide bonds. The highest BCUT2D eigenvalue weighted by Gasteiger charge is 2.62. The van der Waals surface area contributed by atoms with Crippen molar-refractivity contribution in [1.29, 1.82) is 0 Å². The van der Waals surface area contributed by atoms with Crippen molar-refractivity contribution in [3.8, 4) is 11.5 Å². The first-order chi connectivity index (χ1) is 11.2. The molecule has 2 rings (SSSR count). The Morgan fingerprint density at radius 1 is 1.33 bits per heavy atom. The average Bonchev–Trinajstić information content (AvgIpc) is 2.55. The van der Waals surface area contributed by atoms with Crippen molar-refractivity contribution < 1.29 is 23.4 Å². The van der Waals surface area contributed by atoms with Crippen LogP contribution in [0.1, 0.15) is 27.2 Å². The summed E-state index contributed by atoms with van der Waals surface area (Å²) in [7, 11) is 2.85. The van der Waals surface area contributed by atoms with Gasteiger partial charge in [-0.05, 0) is 6.92 Å². The number of nitrogens with two attached hydrogens (primary N) is 1. The number of carbonyl (C=O) groups is 1. The van der Waals surface area contributed by atoms with Crippen LogP contribution < -0.4 is 20.5 Å². The maximum absolute atomic E-state index is 14.2. The van der Waals surface area contributed by atoms with Crippen LogP contribution >= 0.6 is 0 Å². The van der Waals surface area contributed by atoms with Crippen molar-refractivity contribution in [1.82, 2.24) is 0 Å². The van der Waals surface area contributed by atoms with Crippen LogP contribution in [0.3, 0.4) is 0 Å². The Morgan fingerprint density at radius 3 is 2.42 bits per heavy atom. The van der Waals surface area contributed by atoms with Gasteiger partial charge in [-0.15, -0.1) is 0 Å². The lowest BCUT2D eigenvalue weighted by Crippen LogP contribution is -2.74. The van der Waals surface area contributed by atoms with E-state index in [2.05, 4.69) is 5.32 Å². The van der Waals surface area contributed by atoms with E-state index in [1.54, 1.807) is 0 Å². The van der Waals surface area contributed by atoms with Gasteiger partial charge in [-0.25, -0.2) is 4.39 Å². The zero-order chi connectivity index (χ0) is 18.1. The fourth-order valence-electron chi connectivity index (χ4n) is 3.00. The van der Waals surface area contributed by atoms with E-state index in [-0.39, 0.29) is 17.5 Å². The van der Waals surface area contributed by atoms with Gasteiger partial charge in [0.25, 0.3) is 0 Å². The molecule has 134 valence electrons. The summed E-state index contributed by atoms with van der Waals surface area (Å²) in [5, 5.41) is 2.57. The molecule has 1 saturated carbocycles. The number of carbonyl (C=O) groups excluding carboxylic acids is 1. The molecule has 3 N–H and O–H groups in total. The SMILES string of the molecule is CCOC1CC(N)(C(=O)Nc2cc(OC)c(OC)cc2F)C1(C)C. The third-order valence-corrected chi connectivity index (χ3v) is 4.96. The summed E-state index contributed by atoms with van der Waals surface area (Å²) >= 11 is 0. The standard InChI is InChI=1S/C17H25FN2O4/c1-6-24-14-9-17(19,16(14,2)3)15(21)20-11-8-13(23-5)12(22-4)7-10(11)18/h7-8,14H,6,9,19H2,1-5H3,(H,20,21). The predicted octanol–water partition coefficient (Wildman–Crippen LogP) is 2.31. The first-order valence-corrected chi connectivity index (χ1v) is 7.84. The number of amides is 1. The second-order valence-corrected chi connectivity index (χ2v) is 6.48. The fraction of sp³-hybridized carbons (Fsp3) is 0.588. The van der Waals surface area contributed by atoms with Crippen molar-refractivity contribution in [2.75, 3.05) is 26.1 Å². The minimum Gasteiger partial charge on any atom is -0.493 e. The van der Waals surface area contributed by atoms with Crippen molar-refractivity contribution in [3.63, 3.8) is 0 Å². The van der Waals surface area contributed by atoms with E-state index in [1.165, 1.54) is 20.3 Å². The molecule has 24 heavy (non-hydrogen) atoms. The topological polar surface area (TPSA) is 82.8 Å². The number of benzene rings is 1. The van der Waals surface area contributed by atoms with E-state index in [0.29, 0.717) is 18.8 Å². The van der Waals surface area contributed by atoms with Gasteiger partial charge in [0, 0.05) is 30.6 Å². The van der Waals surface area contributed by atoms with Gasteiger partial charge >= 0.3 is 0 Å². The molecule has 0 aliphatic heterocycles. The number of hydrogen-bond donors (Lipinski definition) is 2. The molecule has 0 spiro atoms. The number of rotatable bonds is 6. The number of ether oxygens (including phenoxy) is 3. The Labute approximate surface area is 141 Å². The maximum Gasteiger partial charge on any atom is 0.245 e. The molecule has 0 bridgehead atoms. The van der Waals surface area contributed by atoms with E-state index in [1.807, 2.05) is 20.8 Å². The summed E-state index contributed by atoms with van der Waals surface area (Å²) in [5.41, 5.74) is 4.61. The van der Waals surface area contributed by atoms with Gasteiger partial charge in [0.15, 0.2) is 17.3 Å². The summed E-state index contributed by atoms with van der Waals surface area (Å²) in [5.74, 6) is -0.506. The van der Waals surface area contributed by atoms with Crippen LogP contribution in [-0.2, 0) is 9.53 Å². The fourth-order valence-corrected chi connectivity index (χ4v) is 3.00. The Kier molecular flexibility index (Phi) is 5.05. The minimum atomic E-state index is -1.13. The molecule has 2 unspecified atom stereocenters. The predicted molar refractivity (Wildman–Crippen MR) is 88.9 cm³/mol. The molecule has 0 heterocycles. The summed E-state index contributed by atoms with van der Waals surface area (Å²) in [6, 6.07) is 2.54. The molecule has 1 aromatic rings. The van der Waals surface area contributed by atoms with Crippen molar-refractivity contribution in [3.05, 3.63) is 17.9 Å². The first kappa shape index (κ1) is 18.5. The van der Waals surface area contributed by atoms with Gasteiger partial charge in [-0.1, -0.05) is 13.8 Å². The van der Waals surface area contributed by atoms with Crippen LogP contribution in [0.2, 0.25) is 0 Å². The third-order valence-electron chi connectivity index (χ3n) is 4.96. The van der Waals surface area contributed by atoms with Crippen LogP contribution in [0.4, 0.5) is 10.1 Å². The molecular weight excluding hydrogens is 315 g/mol. The van der Waals surface area contributed by atoms with E-state index in [0.717, 1.165) is 6.07 Å². The Hall–Kier alpha value is -1.86. The van der Waals surface area contributed by atoms with Crippen molar-refractivity contribution in [2.45, 2.75) is 38.8 Å². The monoisotopic (exact) mass is 340 g/mol. The van der Waals surface area contributed by atoms with E-state index in [9.17, 15) is 9.18 Å². The van der Waals surface area contributed by atoms with Gasteiger partial charge in [-0.2, -0.15) is 0 Å². The second kappa shape index (κ2) is 6.57. The van der Waals surface area contributed by atoms with Crippen LogP contribution in [0.15, 0.2) is 12.1 Å². The highest BCUT2D eigenvalue weighted by molar-refractivity contribution is 6.00. The first-order valence-electron chi connectivity index (χ1n) is 7.84. The molecule has 1 aliphatic rings. The number of nitrogens with one attached hydrogen (secondary N) is 1. The smallest absolute Gasteiger partial charge is 0.245 e. The number of hydrogen-bond acceptors (Lipinski definition) is 5. The largest absolute Gasteiger partial charge is 0.493 e. The second-order valence-electron chi connectivity index (χ2n) is 6.48. The lowest BCUT2D eigenvalue weighted by Gasteiger charge is -2.57. The highest BCUT2D eigenvalue weighted by atomic mass is 19.1. The van der Waals surface area contributed by atoms with Gasteiger partial charge in [-0.3, -0.25) is 4.79 Å². The molecule has 1 aliphatic carbocycles. The number of halogens is 1. The molecule has 0 radical (unpaired) electrons. The van der Waals surface area contributed by atoms with Gasteiger partial charge in [0.1, 0.15) is 5.54 Å². The Morgan fingerprint density at radius 2 is 1.92 bits per heavy atom. The molecule has 1 fully saturated rings. The lowest BCUT2D eigenvalue weighted by molar-refractivity contribution is -0.166. The third kappa shape index (κ3) is 2.82. The molecule has 6 nitrogen and oxygen atoms in total. The minimum absolute atomic E-state index is 0.00173. The average molecular weight is 340 g/mol. The number of methoxy groups -OCH3 is 2. The summed E-state index contributed by atoms with van der Waals surface area (Å²) in [4.78, 5) is 12.7. The van der Waals surface area contributed by atoms with Gasteiger partial charge in [0.05, 0.1) is 26.0 Å². The van der Waals surface area contributed by atoms with E-state index >= 15 is 0 Å². The Bertz CT molecular complexity index is 635. The zero-order valence-corrected chi connectivity index (χ0v) is 14.7. The quantitative estimate of drug-likeness (QED) is 0.830. The zero-order valence-electron chi connectivity index (χ0n) is 14.7. The van der Waals surface area contributed by atoms with Crippen molar-refractivity contribution in [2.24, 2.45) is 11.1 Å². The van der Waals surface area contributed by atoms with Crippen molar-refractivity contribution >= 4 is 11.6 Å². The van der Waals surface area contributed by atoms with Crippen LogP contribution in [0.25, 0.3) is 0 Å². The Balaban J connectivity index is 2.22. The summed E-state index contributed by atoms with van der Waals surface area (Å²) < 4.78 is 30.0. The molecule has 1 aromatic carbocycles. The summed E-state index contributed by atoms with van der Waals surface area (Å²) in [6.07, 6.45) is 0.280. The van der Waals surface area contributed by atoms with Gasteiger partial charge < -0.3 is 25.3 Å². The highest BCUT2D eigenvalue weighted by Crippen LogP contribution is 2.50. The number of anilines is 1. The molecule has 0 saturated heterocycles. The van der Waals surface area contributed by atoms with E-state index < -0.39 is 22.7 Å². The lowest BCUT2D eigenvalue weighted by atomic mass is 9.54. The molecular formula is C17H25FN2O4. The van der Waals surface area contributed by atoms with Crippen LogP contribution in [-0.4, -0.2) is 38.4 Å². The molecule has 0 aromatic heterocycles. The van der Waals surface area contributed by atoms with E-state index in [4.69, 9.17) is 19.9 Å². The summed E-state index contributed by atoms with van der Waals surface area (Å²) in [6.45, 7) is 6.20. The molecule has 2 atom stereocenters. The maximum atomic E-state index is 14.2. The van der Waals surface area contributed by atoms with Crippen LogP contribution in [0.5, 0.6) is 11.5 Å². The van der Waals surface area contributed by atoms with Crippen LogP contribution in [0, 0.1) is 11.2 Å². The van der Waals surface area contributed by atoms with Gasteiger partial charge in [0.2, 0.25) is 5.91 Å². The normalized spacial score (nSPS) is 24.9.